The predicted molar refractivity (Wildman–Crippen MR) is 155 cm³/mol. The molecule has 3 aromatic carbocycles. The number of ketones is 1. The second-order valence-corrected chi connectivity index (χ2v) is 8.57. The van der Waals surface area contributed by atoms with E-state index in [1.165, 1.54) is 6.08 Å². The van der Waals surface area contributed by atoms with Gasteiger partial charge in [-0.05, 0) is 35.9 Å². The van der Waals surface area contributed by atoms with Crippen LogP contribution in [-0.2, 0) is 7.05 Å². The zero-order valence-electron chi connectivity index (χ0n) is 22.9. The molecule has 202 valence electrons. The number of fused-ring (bicyclic) bond motifs is 1. The minimum absolute atomic E-state index is 0.115. The summed E-state index contributed by atoms with van der Waals surface area (Å²) in [5.41, 5.74) is 3.92. The molecule has 4 rings (SSSR count). The number of rotatable bonds is 11. The Hall–Kier alpha value is -4.85. The lowest BCUT2D eigenvalue weighted by Crippen LogP contribution is -2.00. The van der Waals surface area contributed by atoms with Gasteiger partial charge in [0.25, 0.3) is 0 Å². The molecule has 4 aromatic rings. The number of hydrogen-bond donors (Lipinski definition) is 1. The van der Waals surface area contributed by atoms with Gasteiger partial charge in [-0.15, -0.1) is 0 Å². The summed E-state index contributed by atoms with van der Waals surface area (Å²) in [7, 11) is 9.79. The molecule has 0 aliphatic carbocycles. The van der Waals surface area contributed by atoms with Gasteiger partial charge in [0.15, 0.2) is 28.8 Å². The summed E-state index contributed by atoms with van der Waals surface area (Å²) in [5, 5.41) is 4.13. The van der Waals surface area contributed by atoms with Crippen LogP contribution < -0.4 is 29.0 Å². The summed E-state index contributed by atoms with van der Waals surface area (Å²) in [6.45, 7) is 0. The Morgan fingerprint density at radius 3 is 2.10 bits per heavy atom. The molecule has 0 aliphatic rings. The Balaban J connectivity index is 1.67. The summed E-state index contributed by atoms with van der Waals surface area (Å²) in [5.74, 6) is 2.57. The summed E-state index contributed by atoms with van der Waals surface area (Å²) in [6.07, 6.45) is 8.80. The molecule has 0 fully saturated rings. The molecule has 0 saturated carbocycles. The first kappa shape index (κ1) is 27.2. The fraction of sp³-hybridized carbons (Fsp3) is 0.194. The fourth-order valence-corrected chi connectivity index (χ4v) is 4.44. The lowest BCUT2D eigenvalue weighted by molar-refractivity contribution is 0.104. The van der Waals surface area contributed by atoms with E-state index in [0.29, 0.717) is 40.0 Å². The number of anilines is 1. The van der Waals surface area contributed by atoms with Crippen molar-refractivity contribution >= 4 is 34.5 Å². The third-order valence-corrected chi connectivity index (χ3v) is 6.35. The van der Waals surface area contributed by atoms with Crippen LogP contribution in [0.5, 0.6) is 28.7 Å². The van der Waals surface area contributed by atoms with Crippen molar-refractivity contribution in [3.8, 4) is 28.7 Å². The molecule has 39 heavy (non-hydrogen) atoms. The third kappa shape index (κ3) is 5.55. The highest BCUT2D eigenvalue weighted by Crippen LogP contribution is 2.41. The van der Waals surface area contributed by atoms with E-state index in [-0.39, 0.29) is 5.78 Å². The molecule has 0 bridgehead atoms. The normalized spacial score (nSPS) is 11.2. The molecule has 8 nitrogen and oxygen atoms in total. The van der Waals surface area contributed by atoms with Crippen molar-refractivity contribution in [3.05, 3.63) is 83.7 Å². The average molecular weight is 529 g/mol. The van der Waals surface area contributed by atoms with Gasteiger partial charge in [-0.25, -0.2) is 0 Å². The van der Waals surface area contributed by atoms with Crippen LogP contribution in [0, 0.1) is 0 Å². The van der Waals surface area contributed by atoms with Gasteiger partial charge in [-0.2, -0.15) is 0 Å². The van der Waals surface area contributed by atoms with E-state index in [2.05, 4.69) is 5.32 Å². The van der Waals surface area contributed by atoms with E-state index >= 15 is 0 Å². The van der Waals surface area contributed by atoms with Gasteiger partial charge in [0, 0.05) is 47.6 Å². The number of hydrogen-bond acceptors (Lipinski definition) is 7. The van der Waals surface area contributed by atoms with Crippen LogP contribution in [0.4, 0.5) is 5.69 Å². The quantitative estimate of drug-likeness (QED) is 0.141. The van der Waals surface area contributed by atoms with Crippen molar-refractivity contribution in [2.75, 3.05) is 40.9 Å². The molecule has 0 atom stereocenters. The highest BCUT2D eigenvalue weighted by atomic mass is 16.5. The molecule has 0 saturated heterocycles. The maximum Gasteiger partial charge on any atom is 0.203 e. The SMILES string of the molecule is COc1cc(/C=C\c2ccc(OC)c(OC)c2N/C=C\C(=O)c2cn(C)c3ccccc23)cc(OC)c1OC. The Morgan fingerprint density at radius 1 is 0.795 bits per heavy atom. The lowest BCUT2D eigenvalue weighted by atomic mass is 10.1. The first-order chi connectivity index (χ1) is 18.9. The van der Waals surface area contributed by atoms with Crippen LogP contribution >= 0.6 is 0 Å². The molecule has 8 heteroatoms. The first-order valence-corrected chi connectivity index (χ1v) is 12.2. The molecule has 1 aromatic heterocycles. The number of carbonyl (C=O) groups is 1. The number of nitrogens with zero attached hydrogens (tertiary/aromatic N) is 1. The maximum absolute atomic E-state index is 13.1. The molecule has 0 radical (unpaired) electrons. The van der Waals surface area contributed by atoms with E-state index in [0.717, 1.165) is 22.0 Å². The zero-order valence-corrected chi connectivity index (χ0v) is 22.9. The van der Waals surface area contributed by atoms with Crippen molar-refractivity contribution in [1.29, 1.82) is 0 Å². The van der Waals surface area contributed by atoms with Crippen molar-refractivity contribution < 1.29 is 28.5 Å². The van der Waals surface area contributed by atoms with Gasteiger partial charge in [0.1, 0.15) is 0 Å². The van der Waals surface area contributed by atoms with E-state index in [4.69, 9.17) is 23.7 Å². The molecule has 0 amide bonds. The van der Waals surface area contributed by atoms with Crippen molar-refractivity contribution in [1.82, 2.24) is 4.57 Å². The summed E-state index contributed by atoms with van der Waals surface area (Å²) in [6, 6.07) is 15.2. The van der Waals surface area contributed by atoms with Crippen molar-refractivity contribution in [2.45, 2.75) is 0 Å². The van der Waals surface area contributed by atoms with Gasteiger partial charge in [-0.1, -0.05) is 30.4 Å². The summed E-state index contributed by atoms with van der Waals surface area (Å²) >= 11 is 0. The largest absolute Gasteiger partial charge is 0.493 e. The third-order valence-electron chi connectivity index (χ3n) is 6.35. The van der Waals surface area contributed by atoms with Gasteiger partial charge in [0.2, 0.25) is 5.75 Å². The molecule has 0 aliphatic heterocycles. The Morgan fingerprint density at radius 2 is 1.46 bits per heavy atom. The predicted octanol–water partition coefficient (Wildman–Crippen LogP) is 6.20. The van der Waals surface area contributed by atoms with Crippen LogP contribution in [-0.4, -0.2) is 45.9 Å². The smallest absolute Gasteiger partial charge is 0.203 e. The van der Waals surface area contributed by atoms with Crippen LogP contribution in [0.3, 0.4) is 0 Å². The number of aryl methyl sites for hydroxylation is 1. The monoisotopic (exact) mass is 528 g/mol. The topological polar surface area (TPSA) is 80.2 Å². The summed E-state index contributed by atoms with van der Waals surface area (Å²) in [4.78, 5) is 13.1. The minimum atomic E-state index is -0.115. The number of ether oxygens (including phenoxy) is 5. The Kier molecular flexibility index (Phi) is 8.46. The fourth-order valence-electron chi connectivity index (χ4n) is 4.44. The van der Waals surface area contributed by atoms with Crippen LogP contribution in [0.15, 0.2) is 67.0 Å². The molecule has 1 heterocycles. The van der Waals surface area contributed by atoms with E-state index in [1.807, 2.05) is 78.5 Å². The Bertz CT molecular complexity index is 1530. The zero-order chi connectivity index (χ0) is 27.9. The van der Waals surface area contributed by atoms with E-state index in [1.54, 1.807) is 41.7 Å². The highest BCUT2D eigenvalue weighted by Gasteiger charge is 2.15. The van der Waals surface area contributed by atoms with Crippen LogP contribution in [0.1, 0.15) is 21.5 Å². The molecule has 0 spiro atoms. The number of para-hydroxylation sites is 1. The number of allylic oxidation sites excluding steroid dienone is 1. The van der Waals surface area contributed by atoms with Gasteiger partial charge < -0.3 is 33.6 Å². The van der Waals surface area contributed by atoms with Gasteiger partial charge >= 0.3 is 0 Å². The summed E-state index contributed by atoms with van der Waals surface area (Å²) < 4.78 is 29.5. The van der Waals surface area contributed by atoms with E-state index < -0.39 is 0 Å². The maximum atomic E-state index is 13.1. The van der Waals surface area contributed by atoms with Crippen molar-refractivity contribution in [3.63, 3.8) is 0 Å². The van der Waals surface area contributed by atoms with Gasteiger partial charge in [0.05, 0.1) is 41.2 Å². The number of nitrogens with one attached hydrogen (secondary N) is 1. The van der Waals surface area contributed by atoms with Crippen molar-refractivity contribution in [2.24, 2.45) is 7.05 Å². The number of carbonyl (C=O) groups excluding carboxylic acids is 1. The number of benzene rings is 3. The Labute approximate surface area is 228 Å². The lowest BCUT2D eigenvalue weighted by Gasteiger charge is -2.15. The molecule has 1 N–H and O–H groups in total. The second kappa shape index (κ2) is 12.1. The first-order valence-electron chi connectivity index (χ1n) is 12.2. The molecule has 0 unspecified atom stereocenters. The standard InChI is InChI=1S/C31H32N2O6/c1-33-19-23(22-9-7-8-10-24(22)33)25(34)15-16-32-29-21(13-14-26(35-2)31(29)39-6)12-11-20-17-27(36-3)30(38-5)28(18-20)37-4/h7-19,32H,1-6H3/b12-11-,16-15-. The van der Waals surface area contributed by atoms with E-state index in [9.17, 15) is 4.79 Å². The molecular weight excluding hydrogens is 496 g/mol. The van der Waals surface area contributed by atoms with Gasteiger partial charge in [-0.3, -0.25) is 4.79 Å². The average Bonchev–Trinajstić information content (AvgIpc) is 3.31. The number of methoxy groups -OCH3 is 5. The van der Waals surface area contributed by atoms with Crippen LogP contribution in [0.2, 0.25) is 0 Å². The molecular formula is C31H32N2O6. The highest BCUT2D eigenvalue weighted by molar-refractivity contribution is 6.13. The number of aromatic nitrogens is 1. The minimum Gasteiger partial charge on any atom is -0.493 e. The second-order valence-electron chi connectivity index (χ2n) is 8.57. The van der Waals surface area contributed by atoms with Crippen LogP contribution in [0.25, 0.3) is 23.1 Å².